The van der Waals surface area contributed by atoms with Gasteiger partial charge in [0.15, 0.2) is 0 Å². The summed E-state index contributed by atoms with van der Waals surface area (Å²) in [6.45, 7) is 5.61. The van der Waals surface area contributed by atoms with Crippen molar-refractivity contribution in [3.05, 3.63) is 41.6 Å². The molecule has 1 rings (SSSR count). The highest BCUT2D eigenvalue weighted by Crippen LogP contribution is 2.25. The van der Waals surface area contributed by atoms with Crippen LogP contribution in [0.1, 0.15) is 27.5 Å². The van der Waals surface area contributed by atoms with Crippen molar-refractivity contribution in [2.24, 2.45) is 0 Å². The van der Waals surface area contributed by atoms with Gasteiger partial charge in [0.2, 0.25) is 0 Å². The Bertz CT molecular complexity index is 374. The Labute approximate surface area is 89.7 Å². The number of rotatable bonds is 3. The molecule has 1 aromatic carbocycles. The molecule has 0 saturated carbocycles. The minimum Gasteiger partial charge on any atom is -0.302 e. The van der Waals surface area contributed by atoms with Crippen LogP contribution in [0.2, 0.25) is 0 Å². The van der Waals surface area contributed by atoms with Crippen LogP contribution in [0, 0.1) is 19.7 Å². The zero-order chi connectivity index (χ0) is 11.6. The van der Waals surface area contributed by atoms with Crippen LogP contribution in [0.5, 0.6) is 0 Å². The Hall–Kier alpha value is -1.22. The highest BCUT2D eigenvalue weighted by molar-refractivity contribution is 5.77. The van der Waals surface area contributed by atoms with Crippen LogP contribution in [-0.2, 0) is 0 Å². The van der Waals surface area contributed by atoms with E-state index in [0.29, 0.717) is 16.7 Å². The van der Waals surface area contributed by atoms with Gasteiger partial charge in [0.1, 0.15) is 12.1 Å². The van der Waals surface area contributed by atoms with E-state index >= 15 is 0 Å². The van der Waals surface area contributed by atoms with Crippen LogP contribution in [0.15, 0.2) is 12.1 Å². The standard InChI is InChI=1S/C12H15FNO/c1-8-10(7-15)5-6-11(13)12(8)9(2)14(3)4/h5-7,9H,2H2,1,3-4H3. The molecule has 1 atom stereocenters. The fourth-order valence-electron chi connectivity index (χ4n) is 1.51. The lowest BCUT2D eigenvalue weighted by molar-refractivity contribution is 0.112. The number of halogens is 1. The summed E-state index contributed by atoms with van der Waals surface area (Å²) in [5.41, 5.74) is 1.67. The summed E-state index contributed by atoms with van der Waals surface area (Å²) in [7, 11) is 3.65. The van der Waals surface area contributed by atoms with E-state index in [1.54, 1.807) is 11.8 Å². The number of carbonyl (C=O) groups is 1. The maximum Gasteiger partial charge on any atom is 0.150 e. The first-order valence-corrected chi connectivity index (χ1v) is 4.72. The monoisotopic (exact) mass is 208 g/mol. The molecule has 81 valence electrons. The third-order valence-electron chi connectivity index (χ3n) is 2.59. The molecule has 0 heterocycles. The molecule has 0 saturated heterocycles. The molecule has 0 spiro atoms. The van der Waals surface area contributed by atoms with Crippen LogP contribution in [0.3, 0.4) is 0 Å². The van der Waals surface area contributed by atoms with Gasteiger partial charge in [0, 0.05) is 17.2 Å². The second-order valence-electron chi connectivity index (χ2n) is 3.77. The predicted octanol–water partition coefficient (Wildman–Crippen LogP) is 2.38. The summed E-state index contributed by atoms with van der Waals surface area (Å²) >= 11 is 0. The molecule has 0 N–H and O–H groups in total. The molecule has 3 heteroatoms. The molecule has 15 heavy (non-hydrogen) atoms. The van der Waals surface area contributed by atoms with Gasteiger partial charge in [0.05, 0.1) is 0 Å². The normalized spacial score (nSPS) is 12.9. The summed E-state index contributed by atoms with van der Waals surface area (Å²) in [6.07, 6.45) is 0.737. The minimum absolute atomic E-state index is 0.287. The molecule has 1 unspecified atom stereocenters. The van der Waals surface area contributed by atoms with Crippen molar-refractivity contribution in [3.63, 3.8) is 0 Å². The van der Waals surface area contributed by atoms with E-state index in [-0.39, 0.29) is 11.9 Å². The van der Waals surface area contributed by atoms with Gasteiger partial charge in [-0.25, -0.2) is 4.39 Å². The van der Waals surface area contributed by atoms with Gasteiger partial charge >= 0.3 is 0 Å². The quantitative estimate of drug-likeness (QED) is 0.711. The van der Waals surface area contributed by atoms with Gasteiger partial charge in [-0.05, 0) is 45.6 Å². The third kappa shape index (κ3) is 2.23. The van der Waals surface area contributed by atoms with Crippen molar-refractivity contribution in [1.82, 2.24) is 4.90 Å². The van der Waals surface area contributed by atoms with Crippen molar-refractivity contribution in [2.75, 3.05) is 14.1 Å². The molecular weight excluding hydrogens is 193 g/mol. The zero-order valence-corrected chi connectivity index (χ0v) is 9.25. The maximum atomic E-state index is 13.6. The number of aldehydes is 1. The summed E-state index contributed by atoms with van der Waals surface area (Å²) in [4.78, 5) is 12.5. The molecule has 1 aromatic rings. The van der Waals surface area contributed by atoms with Crippen LogP contribution in [0.25, 0.3) is 0 Å². The summed E-state index contributed by atoms with van der Waals surface area (Å²) in [6, 6.07) is 2.52. The van der Waals surface area contributed by atoms with Crippen molar-refractivity contribution < 1.29 is 9.18 Å². The minimum atomic E-state index is -0.313. The lowest BCUT2D eigenvalue weighted by Crippen LogP contribution is -2.19. The van der Waals surface area contributed by atoms with Crippen molar-refractivity contribution in [3.8, 4) is 0 Å². The average Bonchev–Trinajstić information content (AvgIpc) is 2.17. The summed E-state index contributed by atoms with van der Waals surface area (Å²) < 4.78 is 13.6. The first kappa shape index (κ1) is 11.9. The van der Waals surface area contributed by atoms with Crippen molar-refractivity contribution >= 4 is 6.29 Å². The molecule has 0 amide bonds. The SMILES string of the molecule is [CH2]C(c1c(F)ccc(C=O)c1C)N(C)C. The van der Waals surface area contributed by atoms with E-state index in [2.05, 4.69) is 6.92 Å². The van der Waals surface area contributed by atoms with E-state index in [1.807, 2.05) is 14.1 Å². The Morgan fingerprint density at radius 2 is 2.07 bits per heavy atom. The van der Waals surface area contributed by atoms with Gasteiger partial charge in [-0.2, -0.15) is 0 Å². The largest absolute Gasteiger partial charge is 0.302 e. The molecule has 0 bridgehead atoms. The Morgan fingerprint density at radius 1 is 1.47 bits per heavy atom. The van der Waals surface area contributed by atoms with Crippen LogP contribution >= 0.6 is 0 Å². The highest BCUT2D eigenvalue weighted by Gasteiger charge is 2.17. The number of hydrogen-bond donors (Lipinski definition) is 0. The van der Waals surface area contributed by atoms with Gasteiger partial charge < -0.3 is 4.90 Å². The van der Waals surface area contributed by atoms with Gasteiger partial charge in [-0.15, -0.1) is 0 Å². The molecule has 0 aliphatic rings. The van der Waals surface area contributed by atoms with E-state index in [0.717, 1.165) is 6.29 Å². The number of carbonyl (C=O) groups excluding carboxylic acids is 1. The van der Waals surface area contributed by atoms with Gasteiger partial charge in [-0.3, -0.25) is 4.79 Å². The molecular formula is C12H15FNO. The molecule has 1 radical (unpaired) electrons. The smallest absolute Gasteiger partial charge is 0.150 e. The average molecular weight is 208 g/mol. The Morgan fingerprint density at radius 3 is 2.53 bits per heavy atom. The lowest BCUT2D eigenvalue weighted by atomic mass is 9.97. The van der Waals surface area contributed by atoms with Crippen LogP contribution in [-0.4, -0.2) is 25.3 Å². The maximum absolute atomic E-state index is 13.6. The van der Waals surface area contributed by atoms with Crippen molar-refractivity contribution in [2.45, 2.75) is 13.0 Å². The summed E-state index contributed by atoms with van der Waals surface area (Å²) in [5.74, 6) is -0.313. The topological polar surface area (TPSA) is 20.3 Å². The molecule has 0 aliphatic carbocycles. The molecule has 0 aromatic heterocycles. The Balaban J connectivity index is 3.32. The fraction of sp³-hybridized carbons (Fsp3) is 0.333. The predicted molar refractivity (Wildman–Crippen MR) is 58.3 cm³/mol. The van der Waals surface area contributed by atoms with Gasteiger partial charge in [-0.1, -0.05) is 0 Å². The highest BCUT2D eigenvalue weighted by atomic mass is 19.1. The van der Waals surface area contributed by atoms with E-state index < -0.39 is 0 Å². The van der Waals surface area contributed by atoms with Crippen LogP contribution < -0.4 is 0 Å². The molecule has 2 nitrogen and oxygen atoms in total. The van der Waals surface area contributed by atoms with Crippen molar-refractivity contribution in [1.29, 1.82) is 0 Å². The third-order valence-corrected chi connectivity index (χ3v) is 2.59. The second-order valence-corrected chi connectivity index (χ2v) is 3.77. The number of hydrogen-bond acceptors (Lipinski definition) is 2. The summed E-state index contributed by atoms with van der Waals surface area (Å²) in [5, 5.41) is 0. The second kappa shape index (κ2) is 4.53. The van der Waals surface area contributed by atoms with Gasteiger partial charge in [0.25, 0.3) is 0 Å². The Kier molecular flexibility index (Phi) is 3.58. The number of benzene rings is 1. The van der Waals surface area contributed by atoms with E-state index in [4.69, 9.17) is 0 Å². The van der Waals surface area contributed by atoms with E-state index in [1.165, 1.54) is 12.1 Å². The van der Waals surface area contributed by atoms with Crippen LogP contribution in [0.4, 0.5) is 4.39 Å². The first-order valence-electron chi connectivity index (χ1n) is 4.72. The molecule has 0 fully saturated rings. The molecule has 0 aliphatic heterocycles. The fourth-order valence-corrected chi connectivity index (χ4v) is 1.51. The first-order chi connectivity index (χ1) is 6.99. The lowest BCUT2D eigenvalue weighted by Gasteiger charge is -2.23. The van der Waals surface area contributed by atoms with E-state index in [9.17, 15) is 9.18 Å². The number of nitrogens with zero attached hydrogens (tertiary/aromatic N) is 1. The zero-order valence-electron chi connectivity index (χ0n) is 9.25.